The SMILES string of the molecule is O=C(NCC1CCCN1)c1ccc(CNC(=O)C2CCCC2)cc1. The molecule has 24 heavy (non-hydrogen) atoms. The minimum atomic E-state index is -0.0368. The Hall–Kier alpha value is -1.88. The van der Waals surface area contributed by atoms with Crippen LogP contribution in [0.15, 0.2) is 24.3 Å². The molecular formula is C19H27N3O2. The van der Waals surface area contributed by atoms with E-state index in [0.717, 1.165) is 44.2 Å². The van der Waals surface area contributed by atoms with Crippen molar-refractivity contribution < 1.29 is 9.59 Å². The zero-order valence-electron chi connectivity index (χ0n) is 14.1. The summed E-state index contributed by atoms with van der Waals surface area (Å²) in [6.45, 7) is 2.25. The van der Waals surface area contributed by atoms with Gasteiger partial charge < -0.3 is 16.0 Å². The molecule has 1 saturated carbocycles. The van der Waals surface area contributed by atoms with E-state index in [4.69, 9.17) is 0 Å². The molecule has 0 spiro atoms. The smallest absolute Gasteiger partial charge is 0.251 e. The van der Waals surface area contributed by atoms with Crippen LogP contribution < -0.4 is 16.0 Å². The van der Waals surface area contributed by atoms with Crippen molar-refractivity contribution in [3.05, 3.63) is 35.4 Å². The largest absolute Gasteiger partial charge is 0.352 e. The second-order valence-electron chi connectivity index (χ2n) is 6.90. The van der Waals surface area contributed by atoms with Crippen LogP contribution >= 0.6 is 0 Å². The number of carbonyl (C=O) groups is 2. The van der Waals surface area contributed by atoms with E-state index in [0.29, 0.717) is 24.7 Å². The maximum absolute atomic E-state index is 12.1. The molecule has 130 valence electrons. The van der Waals surface area contributed by atoms with Gasteiger partial charge in [-0.1, -0.05) is 25.0 Å². The highest BCUT2D eigenvalue weighted by Gasteiger charge is 2.22. The molecule has 1 saturated heterocycles. The Kier molecular flexibility index (Phi) is 5.86. The molecule has 5 heteroatoms. The predicted octanol–water partition coefficient (Wildman–Crippen LogP) is 1.97. The molecule has 2 fully saturated rings. The number of nitrogens with one attached hydrogen (secondary N) is 3. The third kappa shape index (κ3) is 4.57. The second-order valence-corrected chi connectivity index (χ2v) is 6.90. The fraction of sp³-hybridized carbons (Fsp3) is 0.579. The Morgan fingerprint density at radius 1 is 1.00 bits per heavy atom. The summed E-state index contributed by atoms with van der Waals surface area (Å²) in [5, 5.41) is 9.35. The third-order valence-corrected chi connectivity index (χ3v) is 5.08. The average Bonchev–Trinajstić information content (AvgIpc) is 3.31. The average molecular weight is 329 g/mol. The maximum atomic E-state index is 12.1. The van der Waals surface area contributed by atoms with Crippen LogP contribution in [-0.2, 0) is 11.3 Å². The highest BCUT2D eigenvalue weighted by molar-refractivity contribution is 5.94. The van der Waals surface area contributed by atoms with Gasteiger partial charge >= 0.3 is 0 Å². The zero-order valence-corrected chi connectivity index (χ0v) is 14.1. The van der Waals surface area contributed by atoms with E-state index in [1.54, 1.807) is 0 Å². The fourth-order valence-corrected chi connectivity index (χ4v) is 3.54. The Morgan fingerprint density at radius 2 is 1.75 bits per heavy atom. The minimum Gasteiger partial charge on any atom is -0.352 e. The molecule has 1 aliphatic carbocycles. The predicted molar refractivity (Wildman–Crippen MR) is 93.6 cm³/mol. The fourth-order valence-electron chi connectivity index (χ4n) is 3.54. The summed E-state index contributed by atoms with van der Waals surface area (Å²) in [5.74, 6) is 0.322. The first-order valence-electron chi connectivity index (χ1n) is 9.10. The number of hydrogen-bond acceptors (Lipinski definition) is 3. The quantitative estimate of drug-likeness (QED) is 0.747. The summed E-state index contributed by atoms with van der Waals surface area (Å²) < 4.78 is 0. The van der Waals surface area contributed by atoms with E-state index in [-0.39, 0.29) is 17.7 Å². The monoisotopic (exact) mass is 329 g/mol. The Morgan fingerprint density at radius 3 is 2.42 bits per heavy atom. The topological polar surface area (TPSA) is 70.2 Å². The van der Waals surface area contributed by atoms with Crippen LogP contribution in [0.1, 0.15) is 54.4 Å². The molecule has 1 atom stereocenters. The third-order valence-electron chi connectivity index (χ3n) is 5.08. The summed E-state index contributed by atoms with van der Waals surface area (Å²) in [5.41, 5.74) is 1.69. The van der Waals surface area contributed by atoms with E-state index in [1.807, 2.05) is 24.3 Å². The summed E-state index contributed by atoms with van der Waals surface area (Å²) >= 11 is 0. The first-order chi connectivity index (χ1) is 11.7. The van der Waals surface area contributed by atoms with Crippen LogP contribution in [0.2, 0.25) is 0 Å². The molecule has 1 heterocycles. The van der Waals surface area contributed by atoms with Crippen LogP contribution in [0.5, 0.6) is 0 Å². The van der Waals surface area contributed by atoms with E-state index in [9.17, 15) is 9.59 Å². The molecule has 1 aliphatic heterocycles. The summed E-state index contributed by atoms with van der Waals surface area (Å²) in [4.78, 5) is 24.2. The molecule has 3 rings (SSSR count). The lowest BCUT2D eigenvalue weighted by atomic mass is 10.1. The van der Waals surface area contributed by atoms with Crippen molar-refractivity contribution in [2.75, 3.05) is 13.1 Å². The lowest BCUT2D eigenvalue weighted by molar-refractivity contribution is -0.124. The molecular weight excluding hydrogens is 302 g/mol. The molecule has 3 N–H and O–H groups in total. The Balaban J connectivity index is 1.43. The summed E-state index contributed by atoms with van der Waals surface area (Å²) in [6, 6.07) is 7.89. The molecule has 0 bridgehead atoms. The van der Waals surface area contributed by atoms with Gasteiger partial charge in [0.2, 0.25) is 5.91 Å². The van der Waals surface area contributed by atoms with Crippen LogP contribution in [0.25, 0.3) is 0 Å². The highest BCUT2D eigenvalue weighted by Crippen LogP contribution is 2.24. The molecule has 0 aromatic heterocycles. The Labute approximate surface area is 143 Å². The first-order valence-corrected chi connectivity index (χ1v) is 9.10. The van der Waals surface area contributed by atoms with Gasteiger partial charge in [-0.3, -0.25) is 9.59 Å². The van der Waals surface area contributed by atoms with Gasteiger partial charge in [0.25, 0.3) is 5.91 Å². The van der Waals surface area contributed by atoms with Crippen molar-refractivity contribution in [1.29, 1.82) is 0 Å². The molecule has 1 aromatic rings. The lowest BCUT2D eigenvalue weighted by Gasteiger charge is -2.12. The van der Waals surface area contributed by atoms with E-state index in [1.165, 1.54) is 6.42 Å². The molecule has 0 radical (unpaired) electrons. The van der Waals surface area contributed by atoms with Crippen molar-refractivity contribution in [1.82, 2.24) is 16.0 Å². The van der Waals surface area contributed by atoms with Crippen molar-refractivity contribution in [3.63, 3.8) is 0 Å². The number of benzene rings is 1. The highest BCUT2D eigenvalue weighted by atomic mass is 16.2. The normalized spacial score (nSPS) is 20.9. The van der Waals surface area contributed by atoms with E-state index >= 15 is 0 Å². The van der Waals surface area contributed by atoms with Gasteiger partial charge in [0.1, 0.15) is 0 Å². The van der Waals surface area contributed by atoms with Crippen molar-refractivity contribution in [3.8, 4) is 0 Å². The van der Waals surface area contributed by atoms with Gasteiger partial charge in [0.05, 0.1) is 0 Å². The van der Waals surface area contributed by atoms with Gasteiger partial charge in [-0.15, -0.1) is 0 Å². The standard InChI is InChI=1S/C19H27N3O2/c23-18(15-4-1-2-5-15)21-12-14-7-9-16(10-8-14)19(24)22-13-17-6-3-11-20-17/h7-10,15,17,20H,1-6,11-13H2,(H,21,23)(H,22,24). The zero-order chi connectivity index (χ0) is 16.8. The molecule has 2 amide bonds. The minimum absolute atomic E-state index is 0.0368. The van der Waals surface area contributed by atoms with Gasteiger partial charge in [-0.2, -0.15) is 0 Å². The van der Waals surface area contributed by atoms with Gasteiger partial charge in [0, 0.05) is 30.6 Å². The van der Waals surface area contributed by atoms with Gasteiger partial charge in [0.15, 0.2) is 0 Å². The first kappa shape index (κ1) is 17.0. The van der Waals surface area contributed by atoms with Crippen LogP contribution in [0.3, 0.4) is 0 Å². The van der Waals surface area contributed by atoms with Gasteiger partial charge in [-0.25, -0.2) is 0 Å². The number of carbonyl (C=O) groups excluding carboxylic acids is 2. The second kappa shape index (κ2) is 8.29. The van der Waals surface area contributed by atoms with Crippen molar-refractivity contribution in [2.24, 2.45) is 5.92 Å². The van der Waals surface area contributed by atoms with Gasteiger partial charge in [-0.05, 0) is 49.9 Å². The maximum Gasteiger partial charge on any atom is 0.251 e. The summed E-state index contributed by atoms with van der Waals surface area (Å²) in [6.07, 6.45) is 6.67. The van der Waals surface area contributed by atoms with E-state index in [2.05, 4.69) is 16.0 Å². The number of hydrogen-bond donors (Lipinski definition) is 3. The van der Waals surface area contributed by atoms with Crippen molar-refractivity contribution in [2.45, 2.75) is 51.1 Å². The Bertz CT molecular complexity index is 558. The molecule has 5 nitrogen and oxygen atoms in total. The van der Waals surface area contributed by atoms with Crippen LogP contribution in [0.4, 0.5) is 0 Å². The van der Waals surface area contributed by atoms with Crippen LogP contribution in [-0.4, -0.2) is 30.9 Å². The summed E-state index contributed by atoms with van der Waals surface area (Å²) in [7, 11) is 0. The van der Waals surface area contributed by atoms with Crippen LogP contribution in [0, 0.1) is 5.92 Å². The number of rotatable bonds is 6. The number of amides is 2. The lowest BCUT2D eigenvalue weighted by Crippen LogP contribution is -2.37. The molecule has 2 aliphatic rings. The molecule has 1 unspecified atom stereocenters. The molecule has 1 aromatic carbocycles. The van der Waals surface area contributed by atoms with E-state index < -0.39 is 0 Å². The van der Waals surface area contributed by atoms with Crippen molar-refractivity contribution >= 4 is 11.8 Å².